The van der Waals surface area contributed by atoms with Crippen LogP contribution in [0.2, 0.25) is 5.02 Å². The number of rotatable bonds is 8. The molecule has 200 valence electrons. The number of aliphatic hydroxyl groups is 1. The van der Waals surface area contributed by atoms with Crippen molar-refractivity contribution < 1.29 is 29.4 Å². The average Bonchev–Trinajstić information content (AvgIpc) is 2.92. The maximum atomic E-state index is 13.3. The first-order chi connectivity index (χ1) is 18.6. The van der Waals surface area contributed by atoms with Crippen LogP contribution >= 0.6 is 19.2 Å². The average molecular weight is 564 g/mol. The lowest BCUT2D eigenvalue weighted by molar-refractivity contribution is -0.131. The van der Waals surface area contributed by atoms with E-state index in [-0.39, 0.29) is 23.0 Å². The third-order valence-corrected chi connectivity index (χ3v) is 8.31. The van der Waals surface area contributed by atoms with E-state index in [1.54, 1.807) is 47.4 Å². The Morgan fingerprint density at radius 3 is 2.28 bits per heavy atom. The Morgan fingerprint density at radius 1 is 0.897 bits per heavy atom. The van der Waals surface area contributed by atoms with E-state index in [4.69, 9.17) is 11.6 Å². The van der Waals surface area contributed by atoms with Gasteiger partial charge in [0.25, 0.3) is 0 Å². The number of anilines is 1. The number of hydrogen-bond acceptors (Lipinski definition) is 4. The Bertz CT molecular complexity index is 1540. The lowest BCUT2D eigenvalue weighted by Crippen LogP contribution is -2.55. The van der Waals surface area contributed by atoms with Gasteiger partial charge in [-0.3, -0.25) is 9.36 Å². The van der Waals surface area contributed by atoms with Gasteiger partial charge in [0.1, 0.15) is 5.75 Å². The molecule has 3 atom stereocenters. The van der Waals surface area contributed by atoms with Gasteiger partial charge in [-0.05, 0) is 72.0 Å². The second kappa shape index (κ2) is 11.0. The molecule has 1 aliphatic rings. The van der Waals surface area contributed by atoms with Gasteiger partial charge in [0.2, 0.25) is 5.91 Å². The molecular formula is C30H27ClNO6P. The summed E-state index contributed by atoms with van der Waals surface area (Å²) in [5.74, 6) is -0.537. The fourth-order valence-electron chi connectivity index (χ4n) is 5.11. The molecule has 0 radical (unpaired) electrons. The number of amides is 1. The maximum absolute atomic E-state index is 13.3. The molecular weight excluding hydrogens is 537 g/mol. The Labute approximate surface area is 231 Å². The molecule has 1 aliphatic heterocycles. The Hall–Kier alpha value is -3.45. The summed E-state index contributed by atoms with van der Waals surface area (Å²) in [6.45, 7) is 0. The smallest absolute Gasteiger partial charge is 0.356 e. The van der Waals surface area contributed by atoms with Crippen molar-refractivity contribution in [3.63, 3.8) is 0 Å². The first kappa shape index (κ1) is 27.1. The van der Waals surface area contributed by atoms with Crippen molar-refractivity contribution in [1.29, 1.82) is 0 Å². The molecule has 1 amide bonds. The fourth-order valence-corrected chi connectivity index (χ4v) is 5.82. The normalized spacial score (nSPS) is 18.1. The number of para-hydroxylation sites is 1. The van der Waals surface area contributed by atoms with Gasteiger partial charge in [0.15, 0.2) is 0 Å². The number of phenols is 1. The second-order valence-electron chi connectivity index (χ2n) is 9.61. The van der Waals surface area contributed by atoms with Crippen molar-refractivity contribution in [2.45, 2.75) is 25.0 Å². The van der Waals surface area contributed by atoms with Crippen molar-refractivity contribution in [2.24, 2.45) is 5.92 Å². The van der Waals surface area contributed by atoms with E-state index in [0.717, 1.165) is 16.8 Å². The van der Waals surface area contributed by atoms with E-state index in [0.29, 0.717) is 29.0 Å². The minimum atomic E-state index is -4.45. The second-order valence-corrected chi connectivity index (χ2v) is 11.7. The summed E-state index contributed by atoms with van der Waals surface area (Å²) in [7, 11) is -4.45. The summed E-state index contributed by atoms with van der Waals surface area (Å²) >= 11 is 5.96. The predicted octanol–water partition coefficient (Wildman–Crippen LogP) is 5.73. The van der Waals surface area contributed by atoms with Crippen LogP contribution in [0.1, 0.15) is 36.1 Å². The molecule has 4 N–H and O–H groups in total. The van der Waals surface area contributed by atoms with Crippen LogP contribution in [0, 0.1) is 5.92 Å². The number of nitrogens with zero attached hydrogens (tertiary/aromatic N) is 1. The van der Waals surface area contributed by atoms with E-state index in [1.165, 1.54) is 18.2 Å². The summed E-state index contributed by atoms with van der Waals surface area (Å²) in [4.78, 5) is 34.1. The number of aliphatic hydroxyl groups excluding tert-OH is 1. The molecule has 0 bridgehead atoms. The van der Waals surface area contributed by atoms with Crippen molar-refractivity contribution in [1.82, 2.24) is 0 Å². The zero-order chi connectivity index (χ0) is 27.7. The SMILES string of the molecule is O=C1C(CCC(O)c2ccc(Cl)cc2)C(c2ccc(-c3cccc(P(=O)(O)O)c3)c(O)c2)N1c1ccccc1. The standard InChI is InChI=1S/C30H27ClNO6P/c31-22-12-9-19(10-13-22)27(33)16-15-26-29(32(30(26)35)23-6-2-1-3-7-23)21-11-14-25(28(34)18-21)20-5-4-8-24(17-20)39(36,37)38/h1-14,17-18,26-27,29,33-34H,15-16H2,(H2,36,37,38). The van der Waals surface area contributed by atoms with Gasteiger partial charge in [0.05, 0.1) is 23.4 Å². The molecule has 7 nitrogen and oxygen atoms in total. The Balaban J connectivity index is 1.43. The summed E-state index contributed by atoms with van der Waals surface area (Å²) in [6, 6.07) is 26.9. The number of benzene rings is 4. The minimum Gasteiger partial charge on any atom is -0.507 e. The molecule has 4 aromatic rings. The molecule has 5 rings (SSSR count). The lowest BCUT2D eigenvalue weighted by Gasteiger charge is -2.48. The van der Waals surface area contributed by atoms with Crippen molar-refractivity contribution >= 4 is 36.1 Å². The number of carbonyl (C=O) groups is 1. The largest absolute Gasteiger partial charge is 0.507 e. The molecule has 0 aromatic heterocycles. The van der Waals surface area contributed by atoms with Crippen LogP contribution in [-0.4, -0.2) is 25.9 Å². The molecule has 3 unspecified atom stereocenters. The zero-order valence-corrected chi connectivity index (χ0v) is 22.4. The molecule has 0 aliphatic carbocycles. The summed E-state index contributed by atoms with van der Waals surface area (Å²) in [5, 5.41) is 22.1. The van der Waals surface area contributed by atoms with Crippen LogP contribution in [0.25, 0.3) is 11.1 Å². The highest BCUT2D eigenvalue weighted by atomic mass is 35.5. The van der Waals surface area contributed by atoms with Gasteiger partial charge in [0, 0.05) is 16.3 Å². The number of aromatic hydroxyl groups is 1. The van der Waals surface area contributed by atoms with Crippen molar-refractivity contribution in [2.75, 3.05) is 4.90 Å². The Morgan fingerprint density at radius 2 is 1.62 bits per heavy atom. The first-order valence-corrected chi connectivity index (χ1v) is 14.4. The molecule has 4 aromatic carbocycles. The van der Waals surface area contributed by atoms with Gasteiger partial charge in [-0.25, -0.2) is 0 Å². The topological polar surface area (TPSA) is 118 Å². The zero-order valence-electron chi connectivity index (χ0n) is 20.8. The molecule has 9 heteroatoms. The highest BCUT2D eigenvalue weighted by Crippen LogP contribution is 2.47. The lowest BCUT2D eigenvalue weighted by atomic mass is 9.78. The summed E-state index contributed by atoms with van der Waals surface area (Å²) in [6.07, 6.45) is 0.0541. The van der Waals surface area contributed by atoms with E-state index in [9.17, 15) is 29.4 Å². The number of β-lactam (4-membered cyclic amide) rings is 1. The summed E-state index contributed by atoms with van der Waals surface area (Å²) in [5.41, 5.74) is 3.06. The third kappa shape index (κ3) is 5.64. The van der Waals surface area contributed by atoms with Crippen LogP contribution in [0.15, 0.2) is 97.1 Å². The Kier molecular flexibility index (Phi) is 7.63. The van der Waals surface area contributed by atoms with Gasteiger partial charge < -0.3 is 24.9 Å². The van der Waals surface area contributed by atoms with E-state index in [1.807, 2.05) is 36.4 Å². The number of phenolic OH excluding ortho intramolecular Hbond substituents is 1. The van der Waals surface area contributed by atoms with Gasteiger partial charge in [-0.1, -0.05) is 66.2 Å². The number of hydrogen-bond donors (Lipinski definition) is 4. The highest BCUT2D eigenvalue weighted by molar-refractivity contribution is 7.60. The van der Waals surface area contributed by atoms with Crippen LogP contribution in [0.4, 0.5) is 5.69 Å². The molecule has 1 saturated heterocycles. The molecule has 0 spiro atoms. The van der Waals surface area contributed by atoms with E-state index in [2.05, 4.69) is 0 Å². The van der Waals surface area contributed by atoms with Crippen LogP contribution in [0.3, 0.4) is 0 Å². The fraction of sp³-hybridized carbons (Fsp3) is 0.167. The van der Waals surface area contributed by atoms with Crippen LogP contribution in [0.5, 0.6) is 5.75 Å². The van der Waals surface area contributed by atoms with Gasteiger partial charge in [-0.2, -0.15) is 0 Å². The highest BCUT2D eigenvalue weighted by Gasteiger charge is 2.48. The van der Waals surface area contributed by atoms with Crippen LogP contribution in [-0.2, 0) is 9.36 Å². The van der Waals surface area contributed by atoms with Gasteiger partial charge >= 0.3 is 7.60 Å². The third-order valence-electron chi connectivity index (χ3n) is 7.11. The van der Waals surface area contributed by atoms with Gasteiger partial charge in [-0.15, -0.1) is 0 Å². The summed E-state index contributed by atoms with van der Waals surface area (Å²) < 4.78 is 11.7. The monoisotopic (exact) mass is 563 g/mol. The first-order valence-electron chi connectivity index (χ1n) is 12.4. The molecule has 1 fully saturated rings. The molecule has 0 saturated carbocycles. The minimum absolute atomic E-state index is 0.0626. The predicted molar refractivity (Wildman–Crippen MR) is 151 cm³/mol. The van der Waals surface area contributed by atoms with Crippen LogP contribution < -0.4 is 10.2 Å². The van der Waals surface area contributed by atoms with Crippen molar-refractivity contribution in [3.05, 3.63) is 113 Å². The molecule has 39 heavy (non-hydrogen) atoms. The van der Waals surface area contributed by atoms with E-state index < -0.39 is 19.6 Å². The number of carbonyl (C=O) groups excluding carboxylic acids is 1. The number of halogens is 1. The van der Waals surface area contributed by atoms with Crippen molar-refractivity contribution in [3.8, 4) is 16.9 Å². The quantitative estimate of drug-likeness (QED) is 0.160. The van der Waals surface area contributed by atoms with E-state index >= 15 is 0 Å². The molecule has 1 heterocycles. The maximum Gasteiger partial charge on any atom is 0.356 e.